The summed E-state index contributed by atoms with van der Waals surface area (Å²) in [5.41, 5.74) is 5.39. The molecule has 0 saturated heterocycles. The van der Waals surface area contributed by atoms with Gasteiger partial charge in [-0.3, -0.25) is 4.79 Å². The Hall–Kier alpha value is -1.43. The maximum absolute atomic E-state index is 11.6. The lowest BCUT2D eigenvalue weighted by Crippen LogP contribution is -2.31. The number of aromatic nitrogens is 2. The first kappa shape index (κ1) is 14.6. The van der Waals surface area contributed by atoms with Crippen molar-refractivity contribution in [1.29, 1.82) is 0 Å². The van der Waals surface area contributed by atoms with Gasteiger partial charge in [0, 0.05) is 17.9 Å². The summed E-state index contributed by atoms with van der Waals surface area (Å²) in [5, 5.41) is 6.69. The van der Waals surface area contributed by atoms with E-state index in [4.69, 9.17) is 10.3 Å². The first-order chi connectivity index (χ1) is 8.20. The molecule has 0 radical (unpaired) electrons. The molecular weight excluding hydrogens is 232 g/mol. The summed E-state index contributed by atoms with van der Waals surface area (Å²) in [6, 6.07) is -0.468. The van der Waals surface area contributed by atoms with Crippen LogP contribution in [0.2, 0.25) is 0 Å². The van der Waals surface area contributed by atoms with Crippen LogP contribution in [0.3, 0.4) is 0 Å². The number of rotatable bonds is 4. The van der Waals surface area contributed by atoms with E-state index < -0.39 is 0 Å². The van der Waals surface area contributed by atoms with Crippen molar-refractivity contribution in [3.8, 4) is 0 Å². The number of hydrogen-bond donors (Lipinski definition) is 2. The van der Waals surface area contributed by atoms with Crippen LogP contribution in [0, 0.1) is 0 Å². The van der Waals surface area contributed by atoms with Gasteiger partial charge in [0.15, 0.2) is 5.82 Å². The first-order valence-corrected chi connectivity index (χ1v) is 6.09. The number of carbonyl (C=O) groups excluding carboxylic acids is 1. The SMILES string of the molecule is CC(N)CC(=O)NC(C)c1nc(C(C)(C)C)no1. The zero-order valence-electron chi connectivity index (χ0n) is 11.7. The van der Waals surface area contributed by atoms with Crippen LogP contribution in [0.15, 0.2) is 4.52 Å². The van der Waals surface area contributed by atoms with E-state index in [1.54, 1.807) is 13.8 Å². The van der Waals surface area contributed by atoms with E-state index in [2.05, 4.69) is 15.5 Å². The van der Waals surface area contributed by atoms with Crippen molar-refractivity contribution < 1.29 is 9.32 Å². The van der Waals surface area contributed by atoms with Crippen LogP contribution < -0.4 is 11.1 Å². The second-order valence-electron chi connectivity index (χ2n) is 5.68. The first-order valence-electron chi connectivity index (χ1n) is 6.09. The van der Waals surface area contributed by atoms with Crippen molar-refractivity contribution in [3.63, 3.8) is 0 Å². The molecule has 102 valence electrons. The lowest BCUT2D eigenvalue weighted by Gasteiger charge is -2.12. The highest BCUT2D eigenvalue weighted by molar-refractivity contribution is 5.76. The molecule has 0 saturated carbocycles. The van der Waals surface area contributed by atoms with Crippen molar-refractivity contribution in [2.45, 2.75) is 58.5 Å². The Bertz CT molecular complexity index is 406. The largest absolute Gasteiger partial charge is 0.345 e. The van der Waals surface area contributed by atoms with Crippen LogP contribution in [0.1, 0.15) is 58.8 Å². The Labute approximate surface area is 107 Å². The molecule has 0 aliphatic heterocycles. The van der Waals surface area contributed by atoms with E-state index in [-0.39, 0.29) is 29.8 Å². The van der Waals surface area contributed by atoms with Gasteiger partial charge in [0.05, 0.1) is 0 Å². The Morgan fingerprint density at radius 1 is 1.44 bits per heavy atom. The summed E-state index contributed by atoms with van der Waals surface area (Å²) in [6.45, 7) is 9.59. The van der Waals surface area contributed by atoms with Crippen molar-refractivity contribution >= 4 is 5.91 Å². The van der Waals surface area contributed by atoms with Gasteiger partial charge in [0.1, 0.15) is 6.04 Å². The smallest absolute Gasteiger partial charge is 0.248 e. The van der Waals surface area contributed by atoms with Crippen LogP contribution in [0.25, 0.3) is 0 Å². The Balaban J connectivity index is 2.65. The number of nitrogens with one attached hydrogen (secondary N) is 1. The number of amides is 1. The highest BCUT2D eigenvalue weighted by atomic mass is 16.5. The highest BCUT2D eigenvalue weighted by Gasteiger charge is 2.23. The van der Waals surface area contributed by atoms with Crippen LogP contribution in [-0.2, 0) is 10.2 Å². The van der Waals surface area contributed by atoms with Crippen molar-refractivity contribution in [2.24, 2.45) is 5.73 Å². The average molecular weight is 254 g/mol. The Kier molecular flexibility index (Phi) is 4.45. The van der Waals surface area contributed by atoms with Gasteiger partial charge in [0.2, 0.25) is 11.8 Å². The summed E-state index contributed by atoms with van der Waals surface area (Å²) < 4.78 is 5.15. The summed E-state index contributed by atoms with van der Waals surface area (Å²) in [5.74, 6) is 0.928. The molecule has 6 heteroatoms. The fourth-order valence-electron chi connectivity index (χ4n) is 1.37. The van der Waals surface area contributed by atoms with Crippen LogP contribution in [0.4, 0.5) is 0 Å². The summed E-state index contributed by atoms with van der Waals surface area (Å²) in [7, 11) is 0. The second kappa shape index (κ2) is 5.48. The van der Waals surface area contributed by atoms with Crippen LogP contribution in [0.5, 0.6) is 0 Å². The molecule has 1 aromatic heterocycles. The molecule has 6 nitrogen and oxygen atoms in total. The van der Waals surface area contributed by atoms with Gasteiger partial charge in [-0.05, 0) is 13.8 Å². The van der Waals surface area contributed by atoms with Crippen LogP contribution in [-0.4, -0.2) is 22.1 Å². The van der Waals surface area contributed by atoms with E-state index >= 15 is 0 Å². The van der Waals surface area contributed by atoms with Gasteiger partial charge in [-0.1, -0.05) is 25.9 Å². The number of carbonyl (C=O) groups is 1. The molecule has 0 spiro atoms. The zero-order chi connectivity index (χ0) is 13.9. The van der Waals surface area contributed by atoms with E-state index in [0.717, 1.165) is 0 Å². The molecule has 0 aliphatic carbocycles. The fourth-order valence-corrected chi connectivity index (χ4v) is 1.37. The molecule has 2 atom stereocenters. The topological polar surface area (TPSA) is 94.0 Å². The zero-order valence-corrected chi connectivity index (χ0v) is 11.7. The fraction of sp³-hybridized carbons (Fsp3) is 0.750. The monoisotopic (exact) mass is 254 g/mol. The van der Waals surface area contributed by atoms with E-state index in [1.165, 1.54) is 0 Å². The van der Waals surface area contributed by atoms with Gasteiger partial charge in [-0.25, -0.2) is 0 Å². The molecule has 0 aromatic carbocycles. The molecule has 1 aromatic rings. The lowest BCUT2D eigenvalue weighted by atomic mass is 9.96. The van der Waals surface area contributed by atoms with Gasteiger partial charge in [0.25, 0.3) is 0 Å². The molecule has 0 fully saturated rings. The average Bonchev–Trinajstić information content (AvgIpc) is 2.63. The van der Waals surface area contributed by atoms with E-state index in [1.807, 2.05) is 20.8 Å². The van der Waals surface area contributed by atoms with Gasteiger partial charge in [-0.2, -0.15) is 4.98 Å². The minimum Gasteiger partial charge on any atom is -0.345 e. The second-order valence-corrected chi connectivity index (χ2v) is 5.68. The highest BCUT2D eigenvalue weighted by Crippen LogP contribution is 2.20. The quantitative estimate of drug-likeness (QED) is 0.844. The van der Waals surface area contributed by atoms with Crippen LogP contribution >= 0.6 is 0 Å². The number of nitrogens with two attached hydrogens (primary N) is 1. The Morgan fingerprint density at radius 3 is 2.50 bits per heavy atom. The third kappa shape index (κ3) is 4.10. The molecule has 1 heterocycles. The van der Waals surface area contributed by atoms with Gasteiger partial charge < -0.3 is 15.6 Å². The molecule has 0 aliphatic rings. The maximum atomic E-state index is 11.6. The normalized spacial score (nSPS) is 15.2. The molecule has 1 rings (SSSR count). The predicted molar refractivity (Wildman–Crippen MR) is 67.8 cm³/mol. The number of nitrogens with zero attached hydrogens (tertiary/aromatic N) is 2. The minimum absolute atomic E-state index is 0.118. The van der Waals surface area contributed by atoms with Gasteiger partial charge in [-0.15, -0.1) is 0 Å². The summed E-state index contributed by atoms with van der Waals surface area (Å²) in [6.07, 6.45) is 0.282. The third-order valence-electron chi connectivity index (χ3n) is 2.37. The molecule has 1 amide bonds. The van der Waals surface area contributed by atoms with E-state index in [0.29, 0.717) is 11.7 Å². The van der Waals surface area contributed by atoms with Crippen molar-refractivity contribution in [3.05, 3.63) is 11.7 Å². The lowest BCUT2D eigenvalue weighted by molar-refractivity contribution is -0.122. The minimum atomic E-state index is -0.306. The summed E-state index contributed by atoms with van der Waals surface area (Å²) >= 11 is 0. The summed E-state index contributed by atoms with van der Waals surface area (Å²) in [4.78, 5) is 15.8. The number of hydrogen-bond acceptors (Lipinski definition) is 5. The molecule has 3 N–H and O–H groups in total. The molecule has 18 heavy (non-hydrogen) atoms. The Morgan fingerprint density at radius 2 is 2.06 bits per heavy atom. The standard InChI is InChI=1S/C12H22N4O2/c1-7(13)6-9(17)14-8(2)10-15-11(16-18-10)12(3,4)5/h7-8H,6,13H2,1-5H3,(H,14,17). The van der Waals surface area contributed by atoms with Crippen molar-refractivity contribution in [1.82, 2.24) is 15.5 Å². The maximum Gasteiger partial charge on any atom is 0.248 e. The van der Waals surface area contributed by atoms with Gasteiger partial charge >= 0.3 is 0 Å². The van der Waals surface area contributed by atoms with Crippen molar-refractivity contribution in [2.75, 3.05) is 0 Å². The predicted octanol–water partition coefficient (Wildman–Crippen LogP) is 1.28. The van der Waals surface area contributed by atoms with E-state index in [9.17, 15) is 4.79 Å². The third-order valence-corrected chi connectivity index (χ3v) is 2.37. The molecular formula is C12H22N4O2. The molecule has 0 bridgehead atoms. The molecule has 2 unspecified atom stereocenters.